The lowest BCUT2D eigenvalue weighted by Crippen LogP contribution is -2.52. The number of allylic oxidation sites excluding steroid dienone is 1. The number of nitrogens with zero attached hydrogens (tertiary/aromatic N) is 5. The van der Waals surface area contributed by atoms with Crippen LogP contribution in [-0.4, -0.2) is 44.0 Å². The molecule has 1 aromatic heterocycles. The predicted molar refractivity (Wildman–Crippen MR) is 122 cm³/mol. The Morgan fingerprint density at radius 2 is 2.10 bits per heavy atom. The zero-order chi connectivity index (χ0) is 21.3. The minimum Gasteiger partial charge on any atom is -0.476 e. The van der Waals surface area contributed by atoms with E-state index < -0.39 is 0 Å². The van der Waals surface area contributed by atoms with Gasteiger partial charge in [-0.2, -0.15) is 0 Å². The highest BCUT2D eigenvalue weighted by molar-refractivity contribution is 5.85. The van der Waals surface area contributed by atoms with Gasteiger partial charge in [0.1, 0.15) is 11.7 Å². The summed E-state index contributed by atoms with van der Waals surface area (Å²) in [5, 5.41) is 1.60. The molecule has 4 rings (SSSR count). The van der Waals surface area contributed by atoms with E-state index >= 15 is 0 Å². The van der Waals surface area contributed by atoms with E-state index in [9.17, 15) is 0 Å². The van der Waals surface area contributed by atoms with Gasteiger partial charge in [-0.25, -0.2) is 5.84 Å². The number of hydrogen-bond acceptors (Lipinski definition) is 5. The fraction of sp³-hybridized carbons (Fsp3) is 0.391. The summed E-state index contributed by atoms with van der Waals surface area (Å²) in [6.07, 6.45) is 3.89. The van der Waals surface area contributed by atoms with Crippen molar-refractivity contribution in [3.8, 4) is 0 Å². The van der Waals surface area contributed by atoms with E-state index in [0.29, 0.717) is 10.5 Å². The van der Waals surface area contributed by atoms with Crippen LogP contribution in [0.4, 0.5) is 11.4 Å². The van der Waals surface area contributed by atoms with Gasteiger partial charge in [0.2, 0.25) is 0 Å². The third-order valence-electron chi connectivity index (χ3n) is 6.23. The van der Waals surface area contributed by atoms with Crippen LogP contribution in [-0.2, 0) is 4.74 Å². The van der Waals surface area contributed by atoms with Crippen molar-refractivity contribution in [2.75, 3.05) is 27.3 Å². The molecule has 2 atom stereocenters. The second-order valence-electron chi connectivity index (χ2n) is 8.18. The molecule has 0 amide bonds. The van der Waals surface area contributed by atoms with E-state index in [0.717, 1.165) is 54.4 Å². The number of hydrazine groups is 1. The van der Waals surface area contributed by atoms with Crippen LogP contribution < -0.4 is 10.4 Å². The first-order valence-corrected chi connectivity index (χ1v) is 10.3. The van der Waals surface area contributed by atoms with Gasteiger partial charge in [0, 0.05) is 44.0 Å². The number of fused-ring (bicyclic) bond motifs is 1. The Morgan fingerprint density at radius 3 is 2.73 bits per heavy atom. The van der Waals surface area contributed by atoms with Crippen LogP contribution >= 0.6 is 0 Å². The molecule has 1 saturated heterocycles. The van der Waals surface area contributed by atoms with Gasteiger partial charge < -0.3 is 19.8 Å². The van der Waals surface area contributed by atoms with Gasteiger partial charge in [-0.3, -0.25) is 9.98 Å². The smallest absolute Gasteiger partial charge is 0.134 e. The van der Waals surface area contributed by atoms with Crippen molar-refractivity contribution < 1.29 is 4.74 Å². The molecule has 2 unspecified atom stereocenters. The lowest BCUT2D eigenvalue weighted by molar-refractivity contribution is 0.0366. The fourth-order valence-electron chi connectivity index (χ4n) is 4.80. The SMILES string of the molecule is C=N/C(C)=C(/c1ccc2c(c1)[N+](C)(C(c1ccccn1)C1CCOCC1)[N-]2)N(C)N. The number of ether oxygens (including phenoxy) is 1. The van der Waals surface area contributed by atoms with Crippen molar-refractivity contribution in [1.82, 2.24) is 14.6 Å². The van der Waals surface area contributed by atoms with Crippen LogP contribution in [0, 0.1) is 5.92 Å². The molecule has 1 fully saturated rings. The second kappa shape index (κ2) is 8.18. The number of pyridine rings is 1. The average molecular weight is 407 g/mol. The van der Waals surface area contributed by atoms with Crippen molar-refractivity contribution in [2.45, 2.75) is 25.8 Å². The Morgan fingerprint density at radius 1 is 1.33 bits per heavy atom. The monoisotopic (exact) mass is 406 g/mol. The summed E-state index contributed by atoms with van der Waals surface area (Å²) in [4.78, 5) is 8.83. The molecule has 7 heteroatoms. The Kier molecular flexibility index (Phi) is 5.60. The normalized spacial score (nSPS) is 22.8. The first-order chi connectivity index (χ1) is 14.5. The molecule has 2 aliphatic rings. The number of rotatable bonds is 6. The first-order valence-electron chi connectivity index (χ1n) is 10.3. The number of aliphatic imine (C=N–C) groups is 1. The van der Waals surface area contributed by atoms with Crippen LogP contribution in [0.1, 0.15) is 37.1 Å². The minimum atomic E-state index is 0.138. The molecule has 0 radical (unpaired) electrons. The summed E-state index contributed by atoms with van der Waals surface area (Å²) < 4.78 is 6.11. The van der Waals surface area contributed by atoms with E-state index in [-0.39, 0.29) is 6.04 Å². The fourth-order valence-corrected chi connectivity index (χ4v) is 4.80. The summed E-state index contributed by atoms with van der Waals surface area (Å²) in [6.45, 7) is 7.16. The number of hydrogen-bond donors (Lipinski definition) is 1. The summed E-state index contributed by atoms with van der Waals surface area (Å²) in [5.41, 5.74) is 10.9. The molecule has 0 aliphatic carbocycles. The summed E-state index contributed by atoms with van der Waals surface area (Å²) >= 11 is 0. The lowest BCUT2D eigenvalue weighted by atomic mass is 9.86. The highest BCUT2D eigenvalue weighted by Crippen LogP contribution is 2.58. The maximum absolute atomic E-state index is 6.12. The van der Waals surface area contributed by atoms with Crippen molar-refractivity contribution in [3.63, 3.8) is 0 Å². The van der Waals surface area contributed by atoms with E-state index in [4.69, 9.17) is 21.0 Å². The Labute approximate surface area is 178 Å². The molecule has 7 nitrogen and oxygen atoms in total. The molecule has 0 spiro atoms. The van der Waals surface area contributed by atoms with Crippen molar-refractivity contribution in [2.24, 2.45) is 16.8 Å². The van der Waals surface area contributed by atoms with Gasteiger partial charge in [-0.15, -0.1) is 0 Å². The molecule has 30 heavy (non-hydrogen) atoms. The van der Waals surface area contributed by atoms with Gasteiger partial charge in [0.25, 0.3) is 0 Å². The van der Waals surface area contributed by atoms with Crippen LogP contribution in [0.15, 0.2) is 53.3 Å². The van der Waals surface area contributed by atoms with Crippen LogP contribution in [0.3, 0.4) is 0 Å². The van der Waals surface area contributed by atoms with Crippen LogP contribution in [0.2, 0.25) is 0 Å². The quantitative estimate of drug-likeness (QED) is 0.335. The number of benzene rings is 1. The zero-order valence-electron chi connectivity index (χ0n) is 18.0. The molecule has 158 valence electrons. The van der Waals surface area contributed by atoms with Crippen LogP contribution in [0.5, 0.6) is 0 Å². The number of nitrogens with two attached hydrogens (primary N) is 1. The van der Waals surface area contributed by atoms with Crippen molar-refractivity contribution in [1.29, 1.82) is 0 Å². The highest BCUT2D eigenvalue weighted by Gasteiger charge is 2.43. The minimum absolute atomic E-state index is 0.138. The standard InChI is InChI=1S/C23H30N6O/c1-16(25-2)22(28(3)24)18-8-9-19-21(15-18)29(4,27-19)23(17-10-13-30-14-11-17)20-7-5-6-12-26-20/h5-9,12,15,17,23H,2,10-11,13-14,24H2,1,3-4H3/b22-16-. The molecule has 1 aromatic carbocycles. The van der Waals surface area contributed by atoms with Gasteiger partial charge >= 0.3 is 0 Å². The van der Waals surface area contributed by atoms with E-state index in [1.807, 2.05) is 32.3 Å². The highest BCUT2D eigenvalue weighted by atomic mass is 16.5. The van der Waals surface area contributed by atoms with Crippen molar-refractivity contribution in [3.05, 3.63) is 65.0 Å². The Hall–Kier alpha value is -2.74. The molecular weight excluding hydrogens is 376 g/mol. The van der Waals surface area contributed by atoms with Gasteiger partial charge in [-0.1, -0.05) is 18.2 Å². The third-order valence-corrected chi connectivity index (χ3v) is 6.23. The van der Waals surface area contributed by atoms with E-state index in [2.05, 4.69) is 43.0 Å². The molecule has 3 heterocycles. The maximum Gasteiger partial charge on any atom is 0.134 e. The largest absolute Gasteiger partial charge is 0.476 e. The maximum atomic E-state index is 6.12. The molecule has 2 aromatic rings. The molecular formula is C23H30N6O. The lowest BCUT2D eigenvalue weighted by Gasteiger charge is -2.61. The van der Waals surface area contributed by atoms with Crippen LogP contribution in [0.25, 0.3) is 11.1 Å². The Balaban J connectivity index is 1.78. The predicted octanol–water partition coefficient (Wildman–Crippen LogP) is 4.32. The van der Waals surface area contributed by atoms with Gasteiger partial charge in [0.05, 0.1) is 24.1 Å². The molecule has 0 bridgehead atoms. The summed E-state index contributed by atoms with van der Waals surface area (Å²) in [7, 11) is 4.00. The number of quaternary nitrogens is 1. The Bertz CT molecular complexity index is 951. The molecule has 2 N–H and O–H groups in total. The third kappa shape index (κ3) is 3.49. The summed E-state index contributed by atoms with van der Waals surface area (Å²) in [5.74, 6) is 6.57. The van der Waals surface area contributed by atoms with E-state index in [1.54, 1.807) is 5.01 Å². The topological polar surface area (TPSA) is 77.8 Å². The molecule has 0 saturated carbocycles. The average Bonchev–Trinajstić information content (AvgIpc) is 2.75. The molecule has 2 aliphatic heterocycles. The number of aromatic nitrogens is 1. The second-order valence-corrected chi connectivity index (χ2v) is 8.18. The van der Waals surface area contributed by atoms with Gasteiger partial charge in [0.15, 0.2) is 0 Å². The van der Waals surface area contributed by atoms with Crippen molar-refractivity contribution >= 4 is 23.8 Å². The summed E-state index contributed by atoms with van der Waals surface area (Å²) in [6, 6.07) is 12.6. The van der Waals surface area contributed by atoms with E-state index in [1.165, 1.54) is 5.69 Å². The zero-order valence-corrected chi connectivity index (χ0v) is 18.0. The van der Waals surface area contributed by atoms with Gasteiger partial charge in [-0.05, 0) is 44.3 Å². The first kappa shape index (κ1) is 20.5.